The molecule has 0 aliphatic heterocycles. The van der Waals surface area contributed by atoms with Crippen molar-refractivity contribution in [3.05, 3.63) is 16.1 Å². The minimum absolute atomic E-state index is 0.166. The third-order valence-corrected chi connectivity index (χ3v) is 3.21. The Morgan fingerprint density at radius 2 is 2.22 bits per heavy atom. The molecule has 0 radical (unpaired) electrons. The summed E-state index contributed by atoms with van der Waals surface area (Å²) in [7, 11) is 0. The number of aryl methyl sites for hydroxylation is 1. The van der Waals surface area contributed by atoms with Gasteiger partial charge in [0.25, 0.3) is 0 Å². The van der Waals surface area contributed by atoms with Gasteiger partial charge in [-0.25, -0.2) is 4.98 Å². The molecule has 102 valence electrons. The summed E-state index contributed by atoms with van der Waals surface area (Å²) in [5.41, 5.74) is 0.880. The summed E-state index contributed by atoms with van der Waals surface area (Å²) >= 11 is 1.44. The third-order valence-electron chi connectivity index (χ3n) is 2.06. The van der Waals surface area contributed by atoms with Crippen LogP contribution in [0.1, 0.15) is 23.7 Å². The minimum atomic E-state index is -4.38. The number of carbonyl (C=O) groups excluding carboxylic acids is 1. The van der Waals surface area contributed by atoms with Crippen molar-refractivity contribution in [3.8, 4) is 0 Å². The second kappa shape index (κ2) is 6.14. The van der Waals surface area contributed by atoms with Crippen molar-refractivity contribution in [2.24, 2.45) is 0 Å². The van der Waals surface area contributed by atoms with E-state index in [4.69, 9.17) is 0 Å². The van der Waals surface area contributed by atoms with E-state index in [1.807, 2.05) is 12.3 Å². The quantitative estimate of drug-likeness (QED) is 0.865. The molecule has 0 aliphatic carbocycles. The molecule has 1 aromatic heterocycles. The Hall–Kier alpha value is -1.15. The number of hydrogen-bond donors (Lipinski definition) is 2. The van der Waals surface area contributed by atoms with Crippen LogP contribution in [-0.2, 0) is 4.79 Å². The molecular formula is C10H14F3N3OS. The molecule has 0 spiro atoms. The number of nitrogens with zero attached hydrogens (tertiary/aromatic N) is 1. The number of amides is 1. The van der Waals surface area contributed by atoms with Gasteiger partial charge in [-0.3, -0.25) is 10.1 Å². The lowest BCUT2D eigenvalue weighted by Crippen LogP contribution is -2.39. The fourth-order valence-corrected chi connectivity index (χ4v) is 1.99. The smallest absolute Gasteiger partial charge is 0.346 e. The molecule has 18 heavy (non-hydrogen) atoms. The van der Waals surface area contributed by atoms with E-state index in [0.717, 1.165) is 10.7 Å². The molecule has 1 rings (SSSR count). The molecule has 1 aromatic rings. The summed E-state index contributed by atoms with van der Waals surface area (Å²) in [5.74, 6) is -0.688. The van der Waals surface area contributed by atoms with E-state index in [0.29, 0.717) is 0 Å². The van der Waals surface area contributed by atoms with Gasteiger partial charge in [0.2, 0.25) is 5.91 Å². The molecular weight excluding hydrogens is 267 g/mol. The molecule has 0 aliphatic rings. The van der Waals surface area contributed by atoms with Crippen LogP contribution in [0.5, 0.6) is 0 Å². The molecule has 2 N–H and O–H groups in total. The van der Waals surface area contributed by atoms with Crippen LogP contribution in [0.25, 0.3) is 0 Å². The first-order chi connectivity index (χ1) is 8.28. The van der Waals surface area contributed by atoms with Crippen molar-refractivity contribution >= 4 is 17.2 Å². The van der Waals surface area contributed by atoms with Crippen molar-refractivity contribution in [1.82, 2.24) is 15.6 Å². The van der Waals surface area contributed by atoms with Gasteiger partial charge >= 0.3 is 6.18 Å². The van der Waals surface area contributed by atoms with Gasteiger partial charge in [0.15, 0.2) is 0 Å². The highest BCUT2D eigenvalue weighted by atomic mass is 32.1. The van der Waals surface area contributed by atoms with Crippen molar-refractivity contribution < 1.29 is 18.0 Å². The summed E-state index contributed by atoms with van der Waals surface area (Å²) < 4.78 is 35.5. The largest absolute Gasteiger partial charge is 0.405 e. The number of carbonyl (C=O) groups is 1. The molecule has 4 nitrogen and oxygen atoms in total. The zero-order valence-corrected chi connectivity index (χ0v) is 10.8. The van der Waals surface area contributed by atoms with Gasteiger partial charge < -0.3 is 5.32 Å². The minimum Gasteiger partial charge on any atom is -0.346 e. The number of alkyl halides is 3. The van der Waals surface area contributed by atoms with Crippen LogP contribution in [0.15, 0.2) is 5.38 Å². The Morgan fingerprint density at radius 1 is 1.56 bits per heavy atom. The van der Waals surface area contributed by atoms with E-state index in [1.54, 1.807) is 12.2 Å². The molecule has 1 unspecified atom stereocenters. The summed E-state index contributed by atoms with van der Waals surface area (Å²) in [6.45, 7) is 2.17. The molecule has 0 bridgehead atoms. The maximum absolute atomic E-state index is 11.8. The standard InChI is InChI=1S/C10H14F3N3OS/c1-6-4-18-9(16-6)7(2)14-3-8(17)15-5-10(11,12)13/h4,7,14H,3,5H2,1-2H3,(H,15,17). The van der Waals surface area contributed by atoms with Gasteiger partial charge in [-0.15, -0.1) is 11.3 Å². The average molecular weight is 281 g/mol. The predicted octanol–water partition coefficient (Wildman–Crippen LogP) is 1.78. The Morgan fingerprint density at radius 3 is 2.72 bits per heavy atom. The zero-order valence-electron chi connectivity index (χ0n) is 9.97. The number of aromatic nitrogens is 1. The summed E-state index contributed by atoms with van der Waals surface area (Å²) in [6.07, 6.45) is -4.38. The lowest BCUT2D eigenvalue weighted by molar-refractivity contribution is -0.137. The normalized spacial score (nSPS) is 13.4. The predicted molar refractivity (Wildman–Crippen MR) is 62.3 cm³/mol. The van der Waals surface area contributed by atoms with Crippen molar-refractivity contribution in [2.45, 2.75) is 26.1 Å². The van der Waals surface area contributed by atoms with Crippen LogP contribution < -0.4 is 10.6 Å². The van der Waals surface area contributed by atoms with Gasteiger partial charge in [-0.2, -0.15) is 13.2 Å². The lowest BCUT2D eigenvalue weighted by Gasteiger charge is -2.12. The lowest BCUT2D eigenvalue weighted by atomic mass is 10.3. The highest BCUT2D eigenvalue weighted by molar-refractivity contribution is 7.09. The maximum Gasteiger partial charge on any atom is 0.405 e. The Kier molecular flexibility index (Phi) is 5.09. The fourth-order valence-electron chi connectivity index (χ4n) is 1.17. The van der Waals surface area contributed by atoms with Crippen molar-refractivity contribution in [1.29, 1.82) is 0 Å². The fraction of sp³-hybridized carbons (Fsp3) is 0.600. The average Bonchev–Trinajstić information content (AvgIpc) is 2.69. The van der Waals surface area contributed by atoms with Crippen LogP contribution in [0.2, 0.25) is 0 Å². The van der Waals surface area contributed by atoms with Crippen LogP contribution >= 0.6 is 11.3 Å². The van der Waals surface area contributed by atoms with E-state index >= 15 is 0 Å². The second-order valence-electron chi connectivity index (χ2n) is 3.82. The monoisotopic (exact) mass is 281 g/mol. The molecule has 1 amide bonds. The van der Waals surface area contributed by atoms with E-state index in [9.17, 15) is 18.0 Å². The molecule has 1 atom stereocenters. The van der Waals surface area contributed by atoms with Crippen LogP contribution in [0.4, 0.5) is 13.2 Å². The first-order valence-electron chi connectivity index (χ1n) is 5.27. The van der Waals surface area contributed by atoms with Gasteiger partial charge in [-0.05, 0) is 13.8 Å². The summed E-state index contributed by atoms with van der Waals surface area (Å²) in [5, 5.41) is 7.28. The highest BCUT2D eigenvalue weighted by Gasteiger charge is 2.27. The molecule has 0 aromatic carbocycles. The molecule has 1 heterocycles. The van der Waals surface area contributed by atoms with E-state index in [-0.39, 0.29) is 12.6 Å². The van der Waals surface area contributed by atoms with E-state index in [1.165, 1.54) is 11.3 Å². The number of halogens is 3. The first-order valence-corrected chi connectivity index (χ1v) is 6.15. The number of hydrogen-bond acceptors (Lipinski definition) is 4. The number of rotatable bonds is 5. The topological polar surface area (TPSA) is 54.0 Å². The number of nitrogens with one attached hydrogen (secondary N) is 2. The zero-order chi connectivity index (χ0) is 13.8. The van der Waals surface area contributed by atoms with Gasteiger partial charge in [0, 0.05) is 11.1 Å². The van der Waals surface area contributed by atoms with E-state index < -0.39 is 18.6 Å². The second-order valence-corrected chi connectivity index (χ2v) is 4.71. The van der Waals surface area contributed by atoms with Gasteiger partial charge in [0.1, 0.15) is 11.6 Å². The summed E-state index contributed by atoms with van der Waals surface area (Å²) in [4.78, 5) is 15.4. The van der Waals surface area contributed by atoms with Crippen LogP contribution in [0.3, 0.4) is 0 Å². The van der Waals surface area contributed by atoms with E-state index in [2.05, 4.69) is 10.3 Å². The van der Waals surface area contributed by atoms with Crippen LogP contribution in [0, 0.1) is 6.92 Å². The SMILES string of the molecule is Cc1csc(C(C)NCC(=O)NCC(F)(F)F)n1. The number of thiazole rings is 1. The van der Waals surface area contributed by atoms with Crippen molar-refractivity contribution in [3.63, 3.8) is 0 Å². The maximum atomic E-state index is 11.8. The molecule has 0 saturated heterocycles. The summed E-state index contributed by atoms with van der Waals surface area (Å²) in [6, 6.07) is -0.166. The molecule has 0 saturated carbocycles. The highest BCUT2D eigenvalue weighted by Crippen LogP contribution is 2.17. The van der Waals surface area contributed by atoms with Crippen LogP contribution in [-0.4, -0.2) is 30.2 Å². The molecule has 8 heteroatoms. The van der Waals surface area contributed by atoms with Crippen molar-refractivity contribution in [2.75, 3.05) is 13.1 Å². The first kappa shape index (κ1) is 14.9. The molecule has 0 fully saturated rings. The third kappa shape index (κ3) is 5.46. The Balaban J connectivity index is 2.30. The Bertz CT molecular complexity index is 405. The van der Waals surface area contributed by atoms with Gasteiger partial charge in [-0.1, -0.05) is 0 Å². The van der Waals surface area contributed by atoms with Gasteiger partial charge in [0.05, 0.1) is 12.6 Å². The Labute approximate surface area is 107 Å².